The molecule has 2 N–H and O–H groups in total. The molecule has 3 aromatic rings. The highest BCUT2D eigenvalue weighted by molar-refractivity contribution is 7.99. The minimum atomic E-state index is -0.334. The summed E-state index contributed by atoms with van der Waals surface area (Å²) in [6.45, 7) is 1.90. The maximum Gasteiger partial charge on any atom is 0.319 e. The summed E-state index contributed by atoms with van der Waals surface area (Å²) in [4.78, 5) is 17.8. The number of nitrogens with one attached hydrogen (secondary N) is 2. The van der Waals surface area contributed by atoms with Crippen molar-refractivity contribution >= 4 is 34.5 Å². The fraction of sp³-hybridized carbons (Fsp3) is 0.278. The van der Waals surface area contributed by atoms with Gasteiger partial charge in [-0.2, -0.15) is 5.10 Å². The van der Waals surface area contributed by atoms with Gasteiger partial charge in [-0.25, -0.2) is 14.2 Å². The van der Waals surface area contributed by atoms with E-state index in [0.29, 0.717) is 5.69 Å². The van der Waals surface area contributed by atoms with Gasteiger partial charge in [-0.15, -0.1) is 11.8 Å². The van der Waals surface area contributed by atoms with Crippen molar-refractivity contribution in [1.82, 2.24) is 20.1 Å². The summed E-state index contributed by atoms with van der Waals surface area (Å²) in [7, 11) is 1.83. The number of carbonyl (C=O) groups is 1. The number of amides is 2. The van der Waals surface area contributed by atoms with Crippen LogP contribution >= 0.6 is 11.8 Å². The molecule has 0 aliphatic carbocycles. The second-order valence-corrected chi connectivity index (χ2v) is 7.41. The molecule has 0 saturated carbocycles. The Morgan fingerprint density at radius 3 is 3.08 bits per heavy atom. The normalized spacial score (nSPS) is 16.3. The van der Waals surface area contributed by atoms with Crippen LogP contribution in [0.25, 0.3) is 11.0 Å². The van der Waals surface area contributed by atoms with Gasteiger partial charge < -0.3 is 10.6 Å². The van der Waals surface area contributed by atoms with Crippen molar-refractivity contribution in [3.05, 3.63) is 47.5 Å². The molecule has 134 valence electrons. The average Bonchev–Trinajstić information content (AvgIpc) is 2.89. The highest BCUT2D eigenvalue weighted by Crippen LogP contribution is 2.36. The number of hydrogen-bond acceptors (Lipinski definition) is 4. The Labute approximate surface area is 154 Å². The maximum atomic E-state index is 13.6. The molecule has 6 nitrogen and oxygen atoms in total. The first-order chi connectivity index (χ1) is 12.5. The third kappa shape index (κ3) is 3.12. The first-order valence-corrected chi connectivity index (χ1v) is 9.29. The third-order valence-electron chi connectivity index (χ3n) is 4.44. The number of fused-ring (bicyclic) bond motifs is 2. The summed E-state index contributed by atoms with van der Waals surface area (Å²) < 4.78 is 15.3. The van der Waals surface area contributed by atoms with Gasteiger partial charge in [0.1, 0.15) is 5.82 Å². The van der Waals surface area contributed by atoms with E-state index in [9.17, 15) is 9.18 Å². The van der Waals surface area contributed by atoms with Crippen LogP contribution in [0.15, 0.2) is 35.4 Å². The predicted octanol–water partition coefficient (Wildman–Crippen LogP) is 3.77. The zero-order chi connectivity index (χ0) is 18.3. The van der Waals surface area contributed by atoms with E-state index in [-0.39, 0.29) is 17.9 Å². The molecule has 0 bridgehead atoms. The SMILES string of the molecule is Cc1nn(C)c2ncc(NC(=O)NC3CCSc4ccc(F)cc43)cc12. The smallest absolute Gasteiger partial charge is 0.319 e. The first kappa shape index (κ1) is 16.8. The van der Waals surface area contributed by atoms with Crippen LogP contribution in [0, 0.1) is 12.7 Å². The van der Waals surface area contributed by atoms with Crippen LogP contribution in [0.5, 0.6) is 0 Å². The highest BCUT2D eigenvalue weighted by atomic mass is 32.2. The van der Waals surface area contributed by atoms with Crippen molar-refractivity contribution in [1.29, 1.82) is 0 Å². The van der Waals surface area contributed by atoms with E-state index in [2.05, 4.69) is 20.7 Å². The van der Waals surface area contributed by atoms with E-state index >= 15 is 0 Å². The topological polar surface area (TPSA) is 71.8 Å². The van der Waals surface area contributed by atoms with Crippen molar-refractivity contribution in [2.75, 3.05) is 11.1 Å². The molecule has 4 rings (SSSR count). The van der Waals surface area contributed by atoms with Crippen molar-refractivity contribution in [3.8, 4) is 0 Å². The van der Waals surface area contributed by atoms with Crippen LogP contribution in [0.3, 0.4) is 0 Å². The van der Waals surface area contributed by atoms with Gasteiger partial charge >= 0.3 is 6.03 Å². The first-order valence-electron chi connectivity index (χ1n) is 8.30. The summed E-state index contributed by atoms with van der Waals surface area (Å²) >= 11 is 1.68. The number of urea groups is 1. The zero-order valence-corrected chi connectivity index (χ0v) is 15.2. The molecule has 0 spiro atoms. The van der Waals surface area contributed by atoms with Crippen molar-refractivity contribution in [2.45, 2.75) is 24.3 Å². The van der Waals surface area contributed by atoms with Crippen LogP contribution in [0.1, 0.15) is 23.7 Å². The summed E-state index contributed by atoms with van der Waals surface area (Å²) in [6, 6.07) is 6.03. The van der Waals surface area contributed by atoms with E-state index in [0.717, 1.165) is 39.4 Å². The lowest BCUT2D eigenvalue weighted by Gasteiger charge is -2.26. The van der Waals surface area contributed by atoms with Crippen LogP contribution in [-0.4, -0.2) is 26.5 Å². The summed E-state index contributed by atoms with van der Waals surface area (Å²) in [5.74, 6) is 0.589. The van der Waals surface area contributed by atoms with E-state index in [4.69, 9.17) is 0 Å². The highest BCUT2D eigenvalue weighted by Gasteiger charge is 2.23. The minimum Gasteiger partial charge on any atom is -0.331 e. The number of nitrogens with zero attached hydrogens (tertiary/aromatic N) is 3. The van der Waals surface area contributed by atoms with Crippen LogP contribution in [0.4, 0.5) is 14.9 Å². The van der Waals surface area contributed by atoms with E-state index < -0.39 is 0 Å². The molecule has 1 aliphatic rings. The summed E-state index contributed by atoms with van der Waals surface area (Å²) in [6.07, 6.45) is 2.36. The summed E-state index contributed by atoms with van der Waals surface area (Å²) in [5.41, 5.74) is 3.04. The molecule has 8 heteroatoms. The van der Waals surface area contributed by atoms with Gasteiger partial charge in [-0.05, 0) is 43.2 Å². The maximum absolute atomic E-state index is 13.6. The number of aryl methyl sites for hydroxylation is 2. The Bertz CT molecular complexity index is 1000. The standard InChI is InChI=1S/C18H18FN5OS/c1-10-13-8-12(9-20-17(13)24(2)23-10)21-18(25)22-15-5-6-26-16-4-3-11(19)7-14(15)16/h3-4,7-9,15H,5-6H2,1-2H3,(H2,21,22,25). The monoisotopic (exact) mass is 371 g/mol. The number of halogens is 1. The molecule has 26 heavy (non-hydrogen) atoms. The van der Waals surface area contributed by atoms with Crippen LogP contribution in [0.2, 0.25) is 0 Å². The molecular formula is C18H18FN5OS. The second kappa shape index (κ2) is 6.60. The number of rotatable bonds is 2. The van der Waals surface area contributed by atoms with E-state index in [1.807, 2.05) is 20.0 Å². The summed E-state index contributed by atoms with van der Waals surface area (Å²) in [5, 5.41) is 11.0. The molecule has 0 saturated heterocycles. The van der Waals surface area contributed by atoms with Crippen molar-refractivity contribution < 1.29 is 9.18 Å². The molecular weight excluding hydrogens is 353 g/mol. The van der Waals surface area contributed by atoms with Crippen LogP contribution < -0.4 is 10.6 Å². The Balaban J connectivity index is 1.52. The van der Waals surface area contributed by atoms with Crippen LogP contribution in [-0.2, 0) is 7.05 Å². The Morgan fingerprint density at radius 2 is 2.23 bits per heavy atom. The van der Waals surface area contributed by atoms with Gasteiger partial charge in [-0.1, -0.05) is 0 Å². The Kier molecular flexibility index (Phi) is 4.28. The molecule has 2 amide bonds. The molecule has 0 fully saturated rings. The minimum absolute atomic E-state index is 0.209. The molecule has 3 heterocycles. The zero-order valence-electron chi connectivity index (χ0n) is 14.4. The van der Waals surface area contributed by atoms with Gasteiger partial charge in [0, 0.05) is 23.1 Å². The molecule has 1 unspecified atom stereocenters. The molecule has 0 radical (unpaired) electrons. The number of thioether (sulfide) groups is 1. The predicted molar refractivity (Wildman–Crippen MR) is 99.9 cm³/mol. The van der Waals surface area contributed by atoms with E-state index in [1.165, 1.54) is 12.1 Å². The lowest BCUT2D eigenvalue weighted by molar-refractivity contribution is 0.248. The lowest BCUT2D eigenvalue weighted by Crippen LogP contribution is -2.34. The number of anilines is 1. The Morgan fingerprint density at radius 1 is 1.38 bits per heavy atom. The fourth-order valence-corrected chi connectivity index (χ4v) is 4.32. The number of carbonyl (C=O) groups excluding carboxylic acids is 1. The quantitative estimate of drug-likeness (QED) is 0.719. The van der Waals surface area contributed by atoms with Gasteiger partial charge in [0.25, 0.3) is 0 Å². The van der Waals surface area contributed by atoms with Crippen molar-refractivity contribution in [2.24, 2.45) is 7.05 Å². The average molecular weight is 371 g/mol. The van der Waals surface area contributed by atoms with Gasteiger partial charge in [0.2, 0.25) is 0 Å². The van der Waals surface area contributed by atoms with Gasteiger partial charge in [0.15, 0.2) is 5.65 Å². The largest absolute Gasteiger partial charge is 0.331 e. The number of pyridine rings is 1. The van der Waals surface area contributed by atoms with E-state index in [1.54, 1.807) is 28.7 Å². The third-order valence-corrected chi connectivity index (χ3v) is 5.56. The van der Waals surface area contributed by atoms with Crippen molar-refractivity contribution in [3.63, 3.8) is 0 Å². The molecule has 1 atom stereocenters. The Hall–Kier alpha value is -2.61. The molecule has 1 aromatic carbocycles. The second-order valence-electron chi connectivity index (χ2n) is 6.27. The fourth-order valence-electron chi connectivity index (χ4n) is 3.22. The van der Waals surface area contributed by atoms with Gasteiger partial charge in [-0.3, -0.25) is 4.68 Å². The molecule has 2 aromatic heterocycles. The molecule has 1 aliphatic heterocycles. The lowest BCUT2D eigenvalue weighted by atomic mass is 10.0. The number of hydrogen-bond donors (Lipinski definition) is 2. The van der Waals surface area contributed by atoms with Gasteiger partial charge in [0.05, 0.1) is 23.6 Å². The number of aromatic nitrogens is 3. The number of benzene rings is 1.